The first-order valence-electron chi connectivity index (χ1n) is 9.61. The van der Waals surface area contributed by atoms with Crippen molar-refractivity contribution in [3.63, 3.8) is 0 Å². The number of nitrogens with zero attached hydrogens (tertiary/aromatic N) is 5. The lowest BCUT2D eigenvalue weighted by atomic mass is 10.0. The van der Waals surface area contributed by atoms with Gasteiger partial charge in [0, 0.05) is 36.9 Å². The van der Waals surface area contributed by atoms with Crippen LogP contribution in [0, 0.1) is 5.82 Å². The minimum absolute atomic E-state index is 0.0547. The van der Waals surface area contributed by atoms with Crippen LogP contribution >= 0.6 is 22.9 Å². The first-order chi connectivity index (χ1) is 14.6. The Morgan fingerprint density at radius 1 is 1.07 bits per heavy atom. The number of rotatable bonds is 4. The molecular weight excluding hydrogens is 425 g/mol. The molecule has 0 aliphatic carbocycles. The van der Waals surface area contributed by atoms with Crippen molar-refractivity contribution in [2.75, 3.05) is 31.1 Å². The molecule has 0 spiro atoms. The standard InChI is InChI=1S/C21H19ClFN5OS/c22-15-4-2-6-17(12-15)26-7-9-27(10-8-26)18(14-3-1-5-16(23)11-14)19-20(29)28-21(30-19)24-13-25-28/h1-6,11-13,18,29H,7-10H2. The normalized spacial score (nSPS) is 16.3. The van der Waals surface area contributed by atoms with Crippen LogP contribution in [-0.4, -0.2) is 50.8 Å². The smallest absolute Gasteiger partial charge is 0.230 e. The number of fused-ring (bicyclic) bond motifs is 1. The molecule has 2 aromatic carbocycles. The highest BCUT2D eigenvalue weighted by Gasteiger charge is 2.31. The highest BCUT2D eigenvalue weighted by molar-refractivity contribution is 7.17. The van der Waals surface area contributed by atoms with Gasteiger partial charge in [-0.05, 0) is 35.9 Å². The summed E-state index contributed by atoms with van der Waals surface area (Å²) in [5.41, 5.74) is 1.89. The van der Waals surface area contributed by atoms with Gasteiger partial charge in [-0.25, -0.2) is 9.37 Å². The summed E-state index contributed by atoms with van der Waals surface area (Å²) in [5, 5.41) is 15.6. The van der Waals surface area contributed by atoms with Crippen molar-refractivity contribution in [1.82, 2.24) is 19.5 Å². The quantitative estimate of drug-likeness (QED) is 0.512. The number of halogens is 2. The lowest BCUT2D eigenvalue weighted by Crippen LogP contribution is -2.47. The summed E-state index contributed by atoms with van der Waals surface area (Å²) in [5.74, 6) is -0.243. The van der Waals surface area contributed by atoms with Crippen molar-refractivity contribution in [2.45, 2.75) is 6.04 Å². The van der Waals surface area contributed by atoms with Gasteiger partial charge in [0.15, 0.2) is 0 Å². The third-order valence-electron chi connectivity index (χ3n) is 5.40. The molecule has 6 nitrogen and oxygen atoms in total. The van der Waals surface area contributed by atoms with Crippen molar-refractivity contribution in [3.8, 4) is 5.88 Å². The number of aromatic nitrogens is 3. The van der Waals surface area contributed by atoms with Crippen LogP contribution in [-0.2, 0) is 0 Å². The zero-order valence-corrected chi connectivity index (χ0v) is 17.5. The van der Waals surface area contributed by atoms with E-state index in [1.165, 1.54) is 34.3 Å². The van der Waals surface area contributed by atoms with Gasteiger partial charge in [0.05, 0.1) is 10.9 Å². The molecule has 4 aromatic rings. The Bertz CT molecular complexity index is 1190. The summed E-state index contributed by atoms with van der Waals surface area (Å²) < 4.78 is 15.5. The molecule has 0 bridgehead atoms. The molecule has 0 saturated carbocycles. The van der Waals surface area contributed by atoms with Crippen LogP contribution in [0.2, 0.25) is 5.02 Å². The number of piperazine rings is 1. The predicted octanol–water partition coefficient (Wildman–Crippen LogP) is 4.20. The van der Waals surface area contributed by atoms with Crippen molar-refractivity contribution in [2.24, 2.45) is 0 Å². The number of thiazole rings is 1. The fourth-order valence-electron chi connectivity index (χ4n) is 3.99. The third-order valence-corrected chi connectivity index (χ3v) is 6.73. The molecule has 2 aromatic heterocycles. The van der Waals surface area contributed by atoms with Crippen LogP contribution in [0.15, 0.2) is 54.9 Å². The molecular formula is C21H19ClFN5OS. The molecule has 3 heterocycles. The van der Waals surface area contributed by atoms with Gasteiger partial charge in [0.1, 0.15) is 12.1 Å². The number of hydrogen-bond acceptors (Lipinski definition) is 6. The van der Waals surface area contributed by atoms with Gasteiger partial charge in [-0.2, -0.15) is 9.61 Å². The van der Waals surface area contributed by atoms with E-state index >= 15 is 0 Å². The average molecular weight is 444 g/mol. The van der Waals surface area contributed by atoms with Gasteiger partial charge in [-0.3, -0.25) is 4.90 Å². The fraction of sp³-hybridized carbons (Fsp3) is 0.238. The second-order valence-corrected chi connectivity index (χ2v) is 8.65. The van der Waals surface area contributed by atoms with E-state index in [0.29, 0.717) is 14.9 Å². The van der Waals surface area contributed by atoms with Gasteiger partial charge >= 0.3 is 0 Å². The van der Waals surface area contributed by atoms with Crippen molar-refractivity contribution in [3.05, 3.63) is 76.1 Å². The van der Waals surface area contributed by atoms with Gasteiger partial charge < -0.3 is 10.0 Å². The Morgan fingerprint density at radius 2 is 1.87 bits per heavy atom. The number of benzene rings is 2. The predicted molar refractivity (Wildman–Crippen MR) is 116 cm³/mol. The highest BCUT2D eigenvalue weighted by atomic mass is 35.5. The molecule has 1 fully saturated rings. The molecule has 1 N–H and O–H groups in total. The monoisotopic (exact) mass is 443 g/mol. The van der Waals surface area contributed by atoms with Crippen molar-refractivity contribution in [1.29, 1.82) is 0 Å². The molecule has 1 aliphatic heterocycles. The lowest BCUT2D eigenvalue weighted by Gasteiger charge is -2.40. The zero-order valence-electron chi connectivity index (χ0n) is 15.9. The average Bonchev–Trinajstić information content (AvgIpc) is 3.32. The Kier molecular flexibility index (Phi) is 5.06. The molecule has 30 heavy (non-hydrogen) atoms. The molecule has 5 rings (SSSR count). The number of anilines is 1. The minimum Gasteiger partial charge on any atom is -0.492 e. The maximum atomic E-state index is 14.0. The van der Waals surface area contributed by atoms with Gasteiger partial charge in [0.25, 0.3) is 0 Å². The van der Waals surface area contributed by atoms with E-state index in [9.17, 15) is 9.50 Å². The SMILES string of the molecule is Oc1c(C(c2cccc(F)c2)N2CCN(c3cccc(Cl)c3)CC2)sc2ncnn12. The maximum absolute atomic E-state index is 14.0. The fourth-order valence-corrected chi connectivity index (χ4v) is 5.26. The molecule has 0 radical (unpaired) electrons. The van der Waals surface area contributed by atoms with E-state index in [-0.39, 0.29) is 17.7 Å². The van der Waals surface area contributed by atoms with E-state index in [4.69, 9.17) is 11.6 Å². The summed E-state index contributed by atoms with van der Waals surface area (Å²) in [6.45, 7) is 3.10. The second-order valence-electron chi connectivity index (χ2n) is 7.20. The van der Waals surface area contributed by atoms with E-state index in [1.807, 2.05) is 24.3 Å². The summed E-state index contributed by atoms with van der Waals surface area (Å²) in [6, 6.07) is 14.1. The Balaban J connectivity index is 1.47. The lowest BCUT2D eigenvalue weighted by molar-refractivity contribution is 0.211. The Morgan fingerprint density at radius 3 is 2.60 bits per heavy atom. The van der Waals surface area contributed by atoms with Crippen LogP contribution in [0.1, 0.15) is 16.5 Å². The summed E-state index contributed by atoms with van der Waals surface area (Å²) in [4.78, 5) is 10.1. The maximum Gasteiger partial charge on any atom is 0.230 e. The second kappa shape index (κ2) is 7.86. The minimum atomic E-state index is -0.297. The third kappa shape index (κ3) is 3.51. The summed E-state index contributed by atoms with van der Waals surface area (Å²) in [7, 11) is 0. The molecule has 1 atom stereocenters. The van der Waals surface area contributed by atoms with Crippen LogP contribution in [0.25, 0.3) is 4.96 Å². The summed E-state index contributed by atoms with van der Waals surface area (Å²) in [6.07, 6.45) is 1.41. The largest absolute Gasteiger partial charge is 0.492 e. The van der Waals surface area contributed by atoms with Gasteiger partial charge in [-0.15, -0.1) is 0 Å². The molecule has 1 unspecified atom stereocenters. The van der Waals surface area contributed by atoms with Crippen LogP contribution < -0.4 is 4.90 Å². The number of hydrogen-bond donors (Lipinski definition) is 1. The highest BCUT2D eigenvalue weighted by Crippen LogP contribution is 2.40. The molecule has 154 valence electrons. The Hall–Kier alpha value is -2.68. The van der Waals surface area contributed by atoms with Crippen LogP contribution in [0.4, 0.5) is 10.1 Å². The van der Waals surface area contributed by atoms with Crippen molar-refractivity contribution >= 4 is 33.6 Å². The molecule has 1 aliphatic rings. The molecule has 0 amide bonds. The Labute approximate surface area is 181 Å². The molecule has 1 saturated heterocycles. The first-order valence-corrected chi connectivity index (χ1v) is 10.8. The van der Waals surface area contributed by atoms with Gasteiger partial charge in [-0.1, -0.05) is 41.1 Å². The number of aromatic hydroxyl groups is 1. The van der Waals surface area contributed by atoms with Gasteiger partial charge in [0.2, 0.25) is 10.8 Å². The molecule has 9 heteroatoms. The van der Waals surface area contributed by atoms with Crippen molar-refractivity contribution < 1.29 is 9.50 Å². The van der Waals surface area contributed by atoms with E-state index in [1.54, 1.807) is 6.07 Å². The van der Waals surface area contributed by atoms with E-state index < -0.39 is 0 Å². The van der Waals surface area contributed by atoms with E-state index in [2.05, 4.69) is 25.9 Å². The van der Waals surface area contributed by atoms with Crippen LogP contribution in [0.3, 0.4) is 0 Å². The first kappa shape index (κ1) is 19.3. The van der Waals surface area contributed by atoms with E-state index in [0.717, 1.165) is 37.4 Å². The topological polar surface area (TPSA) is 56.9 Å². The van der Waals surface area contributed by atoms with Crippen LogP contribution in [0.5, 0.6) is 5.88 Å². The zero-order chi connectivity index (χ0) is 20.7. The summed E-state index contributed by atoms with van der Waals surface area (Å²) >= 11 is 7.53.